The van der Waals surface area contributed by atoms with Gasteiger partial charge in [-0.3, -0.25) is 4.99 Å². The van der Waals surface area contributed by atoms with Gasteiger partial charge in [-0.2, -0.15) is 0 Å². The Morgan fingerprint density at radius 3 is 2.00 bits per heavy atom. The third-order valence-corrected chi connectivity index (χ3v) is 0.715. The fourth-order valence-electron chi connectivity index (χ4n) is 0.356. The summed E-state index contributed by atoms with van der Waals surface area (Å²) in [6.07, 6.45) is 0. The first-order valence-corrected chi connectivity index (χ1v) is 3.52. The molecule has 0 rings (SSSR count). The van der Waals surface area contributed by atoms with Crippen molar-refractivity contribution >= 4 is 28.3 Å². The van der Waals surface area contributed by atoms with Crippen LogP contribution in [0, 0.1) is 0 Å². The number of nitrogens with zero attached hydrogens (tertiary/aromatic N) is 1. The van der Waals surface area contributed by atoms with Gasteiger partial charge in [-0.05, 0) is 20.8 Å². The Kier molecular flexibility index (Phi) is 3.60. The van der Waals surface area contributed by atoms with Crippen LogP contribution in [0.4, 0.5) is 0 Å². The van der Waals surface area contributed by atoms with Crippen LogP contribution in [0.1, 0.15) is 20.8 Å². The zero-order valence-electron chi connectivity index (χ0n) is 4.90. The van der Waals surface area contributed by atoms with E-state index in [-0.39, 0.29) is 0 Å². The Balaban J connectivity index is 3.45. The fraction of sp³-hybridized carbons (Fsp3) is 0.800. The van der Waals surface area contributed by atoms with Crippen LogP contribution in [0.25, 0.3) is 0 Å². The molecule has 0 aliphatic heterocycles. The average Bonchev–Trinajstić information content (AvgIpc) is 1.27. The van der Waals surface area contributed by atoms with Crippen LogP contribution in [0.3, 0.4) is 0 Å². The summed E-state index contributed by atoms with van der Waals surface area (Å²) >= 11 is 2.27. The van der Waals surface area contributed by atoms with Gasteiger partial charge < -0.3 is 0 Å². The Labute approximate surface area is 58.4 Å². The summed E-state index contributed by atoms with van der Waals surface area (Å²) in [4.78, 5) is 4.18. The summed E-state index contributed by atoms with van der Waals surface area (Å²) in [7, 11) is 0. The minimum absolute atomic E-state index is 0.433. The first-order valence-electron chi connectivity index (χ1n) is 2.28. The average molecular weight is 211 g/mol. The highest BCUT2D eigenvalue weighted by Gasteiger charge is 1.84. The van der Waals surface area contributed by atoms with Gasteiger partial charge in [-0.25, -0.2) is 0 Å². The molecule has 0 radical (unpaired) electrons. The predicted molar refractivity (Wildman–Crippen MR) is 42.3 cm³/mol. The Bertz CT molecular complexity index is 72.1. The normalized spacial score (nSPS) is 13.1. The highest BCUT2D eigenvalue weighted by Crippen LogP contribution is 1.98. The lowest BCUT2D eigenvalue weighted by atomic mass is 10.5. The molecule has 7 heavy (non-hydrogen) atoms. The molecule has 1 atom stereocenters. The maximum atomic E-state index is 4.18. The number of rotatable bonds is 1. The van der Waals surface area contributed by atoms with E-state index in [2.05, 4.69) is 34.5 Å². The SMILES string of the molecule is CC(C)=NC(C)I. The molecule has 1 unspecified atom stereocenters. The molecule has 1 nitrogen and oxygen atoms in total. The molecular formula is C5H10IN. The largest absolute Gasteiger partial charge is 0.281 e. The Hall–Kier alpha value is 0.400. The van der Waals surface area contributed by atoms with E-state index in [0.29, 0.717) is 4.05 Å². The van der Waals surface area contributed by atoms with Crippen LogP contribution in [-0.2, 0) is 0 Å². The molecule has 0 fully saturated rings. The molecule has 0 aromatic rings. The maximum Gasteiger partial charge on any atom is 0.0981 e. The van der Waals surface area contributed by atoms with Crippen LogP contribution in [0.15, 0.2) is 4.99 Å². The van der Waals surface area contributed by atoms with Gasteiger partial charge in [0, 0.05) is 5.71 Å². The zero-order chi connectivity index (χ0) is 5.86. The lowest BCUT2D eigenvalue weighted by Gasteiger charge is -1.92. The van der Waals surface area contributed by atoms with E-state index in [1.807, 2.05) is 13.8 Å². The molecule has 2 heteroatoms. The fourth-order valence-corrected chi connectivity index (χ4v) is 0.913. The molecule has 0 aromatic heterocycles. The van der Waals surface area contributed by atoms with Crippen molar-refractivity contribution in [2.24, 2.45) is 4.99 Å². The van der Waals surface area contributed by atoms with Crippen molar-refractivity contribution in [3.05, 3.63) is 0 Å². The first-order chi connectivity index (χ1) is 3.13. The van der Waals surface area contributed by atoms with Gasteiger partial charge in [-0.1, -0.05) is 22.6 Å². The van der Waals surface area contributed by atoms with Gasteiger partial charge in [0.1, 0.15) is 0 Å². The second-order valence-electron chi connectivity index (χ2n) is 1.65. The predicted octanol–water partition coefficient (Wildman–Crippen LogP) is 2.25. The lowest BCUT2D eigenvalue weighted by molar-refractivity contribution is 1.08. The van der Waals surface area contributed by atoms with Gasteiger partial charge in [0.05, 0.1) is 4.05 Å². The summed E-state index contributed by atoms with van der Waals surface area (Å²) < 4.78 is 0.433. The molecule has 0 spiro atoms. The van der Waals surface area contributed by atoms with Crippen molar-refractivity contribution in [1.82, 2.24) is 0 Å². The molecular weight excluding hydrogens is 201 g/mol. The summed E-state index contributed by atoms with van der Waals surface area (Å²) in [6, 6.07) is 0. The van der Waals surface area contributed by atoms with Crippen LogP contribution in [0.2, 0.25) is 0 Å². The van der Waals surface area contributed by atoms with Crippen molar-refractivity contribution in [3.8, 4) is 0 Å². The smallest absolute Gasteiger partial charge is 0.0981 e. The summed E-state index contributed by atoms with van der Waals surface area (Å²) in [5, 5.41) is 0. The number of alkyl halides is 1. The monoisotopic (exact) mass is 211 g/mol. The summed E-state index contributed by atoms with van der Waals surface area (Å²) in [6.45, 7) is 6.08. The second kappa shape index (κ2) is 3.41. The molecule has 0 amide bonds. The van der Waals surface area contributed by atoms with Crippen LogP contribution in [-0.4, -0.2) is 9.76 Å². The Morgan fingerprint density at radius 1 is 1.57 bits per heavy atom. The summed E-state index contributed by atoms with van der Waals surface area (Å²) in [5.41, 5.74) is 1.15. The first kappa shape index (κ1) is 7.40. The van der Waals surface area contributed by atoms with E-state index in [1.54, 1.807) is 0 Å². The van der Waals surface area contributed by atoms with Crippen molar-refractivity contribution in [1.29, 1.82) is 0 Å². The standard InChI is InChI=1S/C5H10IN/c1-4(2)7-5(3)6/h5H,1-3H3. The zero-order valence-corrected chi connectivity index (χ0v) is 7.06. The maximum absolute atomic E-state index is 4.18. The molecule has 0 aliphatic carbocycles. The second-order valence-corrected chi connectivity index (χ2v) is 3.45. The molecule has 0 saturated carbocycles. The topological polar surface area (TPSA) is 12.4 Å². The molecule has 0 saturated heterocycles. The van der Waals surface area contributed by atoms with E-state index >= 15 is 0 Å². The lowest BCUT2D eigenvalue weighted by Crippen LogP contribution is -1.87. The van der Waals surface area contributed by atoms with Crippen LogP contribution in [0.5, 0.6) is 0 Å². The van der Waals surface area contributed by atoms with Crippen LogP contribution >= 0.6 is 22.6 Å². The van der Waals surface area contributed by atoms with Crippen LogP contribution < -0.4 is 0 Å². The molecule has 42 valence electrons. The van der Waals surface area contributed by atoms with Gasteiger partial charge in [0.25, 0.3) is 0 Å². The molecule has 0 aromatic carbocycles. The number of aliphatic imine (C=N–C) groups is 1. The minimum atomic E-state index is 0.433. The van der Waals surface area contributed by atoms with Gasteiger partial charge >= 0.3 is 0 Å². The number of halogens is 1. The number of hydrogen-bond acceptors (Lipinski definition) is 1. The van der Waals surface area contributed by atoms with Gasteiger partial charge in [0.15, 0.2) is 0 Å². The number of hydrogen-bond donors (Lipinski definition) is 0. The van der Waals surface area contributed by atoms with Crippen molar-refractivity contribution < 1.29 is 0 Å². The van der Waals surface area contributed by atoms with Gasteiger partial charge in [0.2, 0.25) is 0 Å². The molecule has 0 heterocycles. The minimum Gasteiger partial charge on any atom is -0.281 e. The third-order valence-electron chi connectivity index (χ3n) is 0.436. The third kappa shape index (κ3) is 6.40. The van der Waals surface area contributed by atoms with Crippen molar-refractivity contribution in [3.63, 3.8) is 0 Å². The van der Waals surface area contributed by atoms with E-state index in [9.17, 15) is 0 Å². The van der Waals surface area contributed by atoms with Crippen molar-refractivity contribution in [2.45, 2.75) is 24.8 Å². The van der Waals surface area contributed by atoms with Crippen molar-refractivity contribution in [2.75, 3.05) is 0 Å². The quantitative estimate of drug-likeness (QED) is 0.273. The van der Waals surface area contributed by atoms with E-state index in [0.717, 1.165) is 5.71 Å². The van der Waals surface area contributed by atoms with Gasteiger partial charge in [-0.15, -0.1) is 0 Å². The molecule has 0 bridgehead atoms. The Morgan fingerprint density at radius 2 is 2.00 bits per heavy atom. The highest BCUT2D eigenvalue weighted by atomic mass is 127. The van der Waals surface area contributed by atoms with E-state index in [1.165, 1.54) is 0 Å². The van der Waals surface area contributed by atoms with E-state index in [4.69, 9.17) is 0 Å². The van der Waals surface area contributed by atoms with E-state index < -0.39 is 0 Å². The molecule has 0 N–H and O–H groups in total. The summed E-state index contributed by atoms with van der Waals surface area (Å²) in [5.74, 6) is 0. The highest BCUT2D eigenvalue weighted by molar-refractivity contribution is 14.1. The molecule has 0 aliphatic rings.